The second-order valence-electron chi connectivity index (χ2n) is 2.06. The van der Waals surface area contributed by atoms with Gasteiger partial charge in [0.25, 0.3) is 10.1 Å². The van der Waals surface area contributed by atoms with Crippen LogP contribution in [-0.2, 0) is 10.1 Å². The van der Waals surface area contributed by atoms with Crippen LogP contribution in [0.25, 0.3) is 0 Å². The van der Waals surface area contributed by atoms with Gasteiger partial charge in [-0.05, 0) is 6.42 Å². The van der Waals surface area contributed by atoms with Crippen LogP contribution in [0.1, 0.15) is 13.3 Å². The Labute approximate surface area is 100 Å². The van der Waals surface area contributed by atoms with E-state index in [0.717, 1.165) is 0 Å². The Morgan fingerprint density at radius 1 is 1.45 bits per heavy atom. The number of hydrogen-bond acceptors (Lipinski definition) is 4. The molecule has 0 aromatic carbocycles. The summed E-state index contributed by atoms with van der Waals surface area (Å²) < 4.78 is 28.0. The van der Waals surface area contributed by atoms with Crippen LogP contribution in [0.3, 0.4) is 0 Å². The molecular weight excluding hydrogens is 215 g/mol. The van der Waals surface area contributed by atoms with Gasteiger partial charge in [0, 0.05) is 0 Å². The van der Waals surface area contributed by atoms with E-state index in [0.29, 0.717) is 6.42 Å². The van der Waals surface area contributed by atoms with Crippen molar-refractivity contribution in [3.63, 3.8) is 0 Å². The first-order chi connectivity index (χ1) is 4.27. The molecule has 0 fully saturated rings. The van der Waals surface area contributed by atoms with Crippen molar-refractivity contribution >= 4 is 64.9 Å². The summed E-state index contributed by atoms with van der Waals surface area (Å²) in [5, 5.41) is 0. The van der Waals surface area contributed by atoms with Gasteiger partial charge in [0.1, 0.15) is 0 Å². The van der Waals surface area contributed by atoms with E-state index in [1.165, 1.54) is 0 Å². The number of thiol groups is 2. The Morgan fingerprint density at radius 2 is 1.82 bits per heavy atom. The molecule has 0 saturated heterocycles. The van der Waals surface area contributed by atoms with Crippen molar-refractivity contribution in [3.8, 4) is 0 Å². The molecule has 0 saturated carbocycles. The zero-order valence-electron chi connectivity index (χ0n) is 5.48. The standard InChI is InChI=1S/C4H10O3S3.Na.H/c1-2-4(8,9)3-10(5,6)7;;/h8-9H,2-3H2,1H3,(H,5,6,7);;. The summed E-state index contributed by atoms with van der Waals surface area (Å²) in [6.07, 6.45) is 0.471. The maximum absolute atomic E-state index is 10.3. The van der Waals surface area contributed by atoms with Gasteiger partial charge >= 0.3 is 29.6 Å². The summed E-state index contributed by atoms with van der Waals surface area (Å²) in [6, 6.07) is 0. The van der Waals surface area contributed by atoms with Crippen LogP contribution in [0.15, 0.2) is 0 Å². The average Bonchev–Trinajstić information content (AvgIpc) is 1.60. The molecule has 0 spiro atoms. The van der Waals surface area contributed by atoms with E-state index in [4.69, 9.17) is 4.55 Å². The first kappa shape index (κ1) is 15.1. The van der Waals surface area contributed by atoms with Crippen LogP contribution in [0.2, 0.25) is 0 Å². The minimum absolute atomic E-state index is 0. The van der Waals surface area contributed by atoms with Gasteiger partial charge in [-0.25, -0.2) is 0 Å². The van der Waals surface area contributed by atoms with E-state index < -0.39 is 20.0 Å². The zero-order valence-corrected chi connectivity index (χ0v) is 8.09. The molecule has 7 heteroatoms. The molecule has 0 atom stereocenters. The van der Waals surface area contributed by atoms with E-state index in [1.807, 2.05) is 0 Å². The number of hydrogen-bond donors (Lipinski definition) is 3. The Kier molecular flexibility index (Phi) is 7.36. The molecule has 64 valence electrons. The molecule has 0 aromatic heterocycles. The first-order valence-electron chi connectivity index (χ1n) is 2.67. The molecule has 0 bridgehead atoms. The molecule has 0 aromatic rings. The van der Waals surface area contributed by atoms with Crippen LogP contribution >= 0.6 is 25.3 Å². The van der Waals surface area contributed by atoms with E-state index >= 15 is 0 Å². The third kappa shape index (κ3) is 9.52. The quantitative estimate of drug-likeness (QED) is 0.279. The summed E-state index contributed by atoms with van der Waals surface area (Å²) in [4.78, 5) is 0. The predicted octanol–water partition coefficient (Wildman–Crippen LogP) is 0.192. The summed E-state index contributed by atoms with van der Waals surface area (Å²) in [6.45, 7) is 1.74. The molecule has 0 heterocycles. The van der Waals surface area contributed by atoms with Crippen molar-refractivity contribution in [2.75, 3.05) is 5.75 Å². The fourth-order valence-corrected chi connectivity index (χ4v) is 2.16. The van der Waals surface area contributed by atoms with Crippen molar-refractivity contribution < 1.29 is 13.0 Å². The summed E-state index contributed by atoms with van der Waals surface area (Å²) in [7, 11) is -3.95. The fraction of sp³-hybridized carbons (Fsp3) is 1.00. The minimum atomic E-state index is -3.95. The molecule has 0 rings (SSSR count). The normalized spacial score (nSPS) is 12.4. The maximum atomic E-state index is 10.3. The van der Waals surface area contributed by atoms with Gasteiger partial charge in [0.2, 0.25) is 0 Å². The molecule has 0 aliphatic heterocycles. The van der Waals surface area contributed by atoms with Crippen LogP contribution in [0.4, 0.5) is 0 Å². The second-order valence-corrected chi connectivity index (χ2v) is 5.58. The van der Waals surface area contributed by atoms with Crippen molar-refractivity contribution in [2.45, 2.75) is 17.4 Å². The summed E-state index contributed by atoms with van der Waals surface area (Å²) in [5.74, 6) is -0.428. The molecule has 0 aliphatic carbocycles. The second kappa shape index (κ2) is 5.36. The Bertz CT molecular complexity index is 199. The molecule has 0 amide bonds. The van der Waals surface area contributed by atoms with Crippen LogP contribution in [-0.4, -0.2) is 52.4 Å². The Morgan fingerprint density at radius 3 is 1.91 bits per heavy atom. The Balaban J connectivity index is 0. The molecular formula is C4H11NaO3S3. The summed E-state index contributed by atoms with van der Waals surface area (Å²) in [5.41, 5.74) is 0. The monoisotopic (exact) mass is 226 g/mol. The third-order valence-electron chi connectivity index (χ3n) is 0.980. The van der Waals surface area contributed by atoms with Crippen LogP contribution < -0.4 is 0 Å². The van der Waals surface area contributed by atoms with Crippen molar-refractivity contribution in [1.29, 1.82) is 0 Å². The van der Waals surface area contributed by atoms with Gasteiger partial charge in [-0.15, -0.1) is 0 Å². The van der Waals surface area contributed by atoms with Gasteiger partial charge in [-0.2, -0.15) is 33.7 Å². The molecule has 0 aliphatic rings. The van der Waals surface area contributed by atoms with Gasteiger partial charge < -0.3 is 0 Å². The van der Waals surface area contributed by atoms with Crippen LogP contribution in [0, 0.1) is 0 Å². The van der Waals surface area contributed by atoms with Crippen molar-refractivity contribution in [3.05, 3.63) is 0 Å². The average molecular weight is 226 g/mol. The Hall–Kier alpha value is 1.61. The molecule has 1 N–H and O–H groups in total. The van der Waals surface area contributed by atoms with Gasteiger partial charge in [0.15, 0.2) is 0 Å². The third-order valence-corrected chi connectivity index (χ3v) is 3.21. The van der Waals surface area contributed by atoms with E-state index in [2.05, 4.69) is 25.3 Å². The molecule has 0 unspecified atom stereocenters. The van der Waals surface area contributed by atoms with Gasteiger partial charge in [0.05, 0.1) is 9.83 Å². The van der Waals surface area contributed by atoms with Gasteiger partial charge in [-0.3, -0.25) is 4.55 Å². The van der Waals surface area contributed by atoms with E-state index in [-0.39, 0.29) is 29.6 Å². The summed E-state index contributed by atoms with van der Waals surface area (Å²) >= 11 is 7.81. The van der Waals surface area contributed by atoms with Crippen molar-refractivity contribution in [2.24, 2.45) is 0 Å². The first-order valence-corrected chi connectivity index (χ1v) is 5.17. The SMILES string of the molecule is CCC(S)(S)CS(=O)(=O)O.[NaH]. The predicted molar refractivity (Wildman–Crippen MR) is 54.6 cm³/mol. The zero-order chi connectivity index (χ0) is 8.41. The van der Waals surface area contributed by atoms with E-state index in [9.17, 15) is 8.42 Å². The topological polar surface area (TPSA) is 54.4 Å². The number of rotatable bonds is 3. The van der Waals surface area contributed by atoms with Crippen molar-refractivity contribution in [1.82, 2.24) is 0 Å². The molecule has 3 nitrogen and oxygen atoms in total. The fourth-order valence-electron chi connectivity index (χ4n) is 0.394. The van der Waals surface area contributed by atoms with Gasteiger partial charge in [-0.1, -0.05) is 6.92 Å². The van der Waals surface area contributed by atoms with E-state index in [1.54, 1.807) is 6.92 Å². The molecule has 11 heavy (non-hydrogen) atoms. The van der Waals surface area contributed by atoms with Crippen LogP contribution in [0.5, 0.6) is 0 Å². The molecule has 0 radical (unpaired) electrons.